The topological polar surface area (TPSA) is 22.3 Å². The molecule has 0 unspecified atom stereocenters. The van der Waals surface area contributed by atoms with Crippen LogP contribution in [-0.2, 0) is 0 Å². The van der Waals surface area contributed by atoms with E-state index in [2.05, 4.69) is 0 Å². The maximum absolute atomic E-state index is 8.36. The quantitative estimate of drug-likeness (QED) is 0.542. The maximum Gasteiger partial charge on any atom is 2.00 e. The Bertz CT molecular complexity index is 76.5. The molecule has 0 rings (SSSR count). The van der Waals surface area contributed by atoms with Crippen molar-refractivity contribution in [1.29, 1.82) is 0 Å². The second-order valence-corrected chi connectivity index (χ2v) is 2.12. The average Bonchev–Trinajstić information content (AvgIpc) is 1.68. The molecule has 0 atom stereocenters. The van der Waals surface area contributed by atoms with Crippen LogP contribution in [0.25, 0.3) is 5.41 Å². The number of rotatable bonds is 2. The summed E-state index contributed by atoms with van der Waals surface area (Å²) in [7, 11) is 0. The van der Waals surface area contributed by atoms with Crippen molar-refractivity contribution in [2.24, 2.45) is 5.41 Å². The monoisotopic (exact) mass is 333 g/mol. The summed E-state index contributed by atoms with van der Waals surface area (Å²) in [6, 6.07) is 0. The molecule has 0 N–H and O–H groups in total. The zero-order valence-corrected chi connectivity index (χ0v) is 9.34. The molecule has 0 aromatic carbocycles. The molecule has 1 nitrogen and oxygen atoms in total. The minimum absolute atomic E-state index is 0. The Morgan fingerprint density at radius 2 is 1.88 bits per heavy atom. The van der Waals surface area contributed by atoms with Crippen LogP contribution in [0, 0.1) is 43.1 Å². The van der Waals surface area contributed by atoms with Crippen molar-refractivity contribution in [3.8, 4) is 0 Å². The molecule has 0 aliphatic carbocycles. The molecule has 0 bridgehead atoms. The van der Waals surface area contributed by atoms with Gasteiger partial charge in [-0.1, -0.05) is 19.3 Å². The summed E-state index contributed by atoms with van der Waals surface area (Å²) >= 11 is 0. The van der Waals surface area contributed by atoms with Gasteiger partial charge in [-0.3, -0.25) is 6.08 Å². The second-order valence-electron chi connectivity index (χ2n) is 2.12. The Morgan fingerprint density at radius 3 is 1.88 bits per heavy atom. The van der Waals surface area contributed by atoms with Gasteiger partial charge in [0.25, 0.3) is 0 Å². The molecule has 0 aromatic heterocycles. The number of nitrogens with zero attached hydrogens (tertiary/aromatic N) is 1. The van der Waals surface area contributed by atoms with Crippen LogP contribution >= 0.6 is 0 Å². The standard InChI is InChI=1S/C6H9N.U/c1-4-6(2,3)5-7;/h1,4-5H,2-3H3;/q-2;+2. The van der Waals surface area contributed by atoms with E-state index in [9.17, 15) is 0 Å². The molecule has 0 amide bonds. The normalized spacial score (nSPS) is 9.25. The van der Waals surface area contributed by atoms with Crippen LogP contribution < -0.4 is 0 Å². The molecule has 0 spiro atoms. The van der Waals surface area contributed by atoms with Crippen LogP contribution in [0.5, 0.6) is 0 Å². The summed E-state index contributed by atoms with van der Waals surface area (Å²) in [4.78, 5) is 0. The van der Waals surface area contributed by atoms with Crippen LogP contribution in [0.2, 0.25) is 0 Å². The Balaban J connectivity index is 0. The molecular weight excluding hydrogens is 324 g/mol. The molecule has 0 aromatic rings. The van der Waals surface area contributed by atoms with E-state index in [0.717, 1.165) is 6.21 Å². The van der Waals surface area contributed by atoms with Crippen LogP contribution in [-0.4, -0.2) is 6.21 Å². The van der Waals surface area contributed by atoms with Gasteiger partial charge >= 0.3 is 31.1 Å². The van der Waals surface area contributed by atoms with Crippen molar-refractivity contribution >= 4 is 6.21 Å². The first-order valence-corrected chi connectivity index (χ1v) is 2.17. The zero-order valence-electron chi connectivity index (χ0n) is 5.18. The van der Waals surface area contributed by atoms with Gasteiger partial charge in [-0.15, -0.1) is 0 Å². The number of hydrogen-bond acceptors (Lipinski definition) is 0. The van der Waals surface area contributed by atoms with E-state index in [1.807, 2.05) is 13.8 Å². The van der Waals surface area contributed by atoms with Crippen LogP contribution in [0.15, 0.2) is 6.08 Å². The largest absolute Gasteiger partial charge is 2.00 e. The third-order valence-corrected chi connectivity index (χ3v) is 0.762. The smallest absolute Gasteiger partial charge is 0.814 e. The van der Waals surface area contributed by atoms with Gasteiger partial charge in [0, 0.05) is 0 Å². The molecular formula is C6H9NU. The fraction of sp³-hybridized carbons (Fsp3) is 0.500. The molecule has 42 valence electrons. The predicted molar refractivity (Wildman–Crippen MR) is 32.1 cm³/mol. The summed E-state index contributed by atoms with van der Waals surface area (Å²) in [6.07, 6.45) is 2.50. The van der Waals surface area contributed by atoms with E-state index in [-0.39, 0.29) is 36.5 Å². The first-order chi connectivity index (χ1) is 3.12. The van der Waals surface area contributed by atoms with Crippen molar-refractivity contribution in [1.82, 2.24) is 0 Å². The van der Waals surface area contributed by atoms with Crippen LogP contribution in [0.1, 0.15) is 13.8 Å². The van der Waals surface area contributed by atoms with Crippen molar-refractivity contribution in [3.63, 3.8) is 0 Å². The predicted octanol–water partition coefficient (Wildman–Crippen LogP) is 1.64. The number of allylic oxidation sites excluding steroid dienone is 1. The summed E-state index contributed by atoms with van der Waals surface area (Å²) in [6.45, 7) is 8.73. The SMILES string of the molecule is [CH-]=CC(C)(C)C=[N-].[U+2]. The summed E-state index contributed by atoms with van der Waals surface area (Å²) in [5, 5.41) is 8.36. The molecule has 0 saturated carbocycles. The van der Waals surface area contributed by atoms with Crippen molar-refractivity contribution in [2.45, 2.75) is 13.8 Å². The molecule has 8 heavy (non-hydrogen) atoms. The van der Waals surface area contributed by atoms with E-state index in [0.29, 0.717) is 0 Å². The summed E-state index contributed by atoms with van der Waals surface area (Å²) in [5.41, 5.74) is -0.333. The van der Waals surface area contributed by atoms with Crippen molar-refractivity contribution in [2.75, 3.05) is 0 Å². The van der Waals surface area contributed by atoms with Crippen molar-refractivity contribution in [3.05, 3.63) is 18.1 Å². The van der Waals surface area contributed by atoms with Crippen LogP contribution in [0.4, 0.5) is 0 Å². The van der Waals surface area contributed by atoms with E-state index < -0.39 is 0 Å². The molecule has 0 heterocycles. The van der Waals surface area contributed by atoms with Crippen LogP contribution in [0.3, 0.4) is 0 Å². The van der Waals surface area contributed by atoms with E-state index in [1.54, 1.807) is 0 Å². The molecule has 0 fully saturated rings. The molecule has 0 aliphatic rings. The van der Waals surface area contributed by atoms with E-state index in [1.165, 1.54) is 6.08 Å². The van der Waals surface area contributed by atoms with Crippen molar-refractivity contribution < 1.29 is 31.1 Å². The van der Waals surface area contributed by atoms with Gasteiger partial charge < -0.3 is 12.0 Å². The Labute approximate surface area is 74.4 Å². The zero-order chi connectivity index (χ0) is 5.91. The number of hydrogen-bond donors (Lipinski definition) is 0. The minimum Gasteiger partial charge on any atom is -0.814 e. The first kappa shape index (κ1) is 11.3. The molecule has 0 aliphatic heterocycles. The molecule has 2 heteroatoms. The van der Waals surface area contributed by atoms with Gasteiger partial charge in [-0.25, -0.2) is 6.21 Å². The average molecular weight is 333 g/mol. The van der Waals surface area contributed by atoms with Gasteiger partial charge in [0.05, 0.1) is 0 Å². The van der Waals surface area contributed by atoms with Gasteiger partial charge in [-0.2, -0.15) is 0 Å². The Morgan fingerprint density at radius 1 is 1.50 bits per heavy atom. The first-order valence-electron chi connectivity index (χ1n) is 2.17. The Hall–Kier alpha value is 0.462. The van der Waals surface area contributed by atoms with Gasteiger partial charge in [-0.05, 0) is 0 Å². The summed E-state index contributed by atoms with van der Waals surface area (Å²) in [5.74, 6) is 0. The van der Waals surface area contributed by atoms with Gasteiger partial charge in [0.15, 0.2) is 0 Å². The summed E-state index contributed by atoms with van der Waals surface area (Å²) < 4.78 is 0. The third-order valence-electron chi connectivity index (χ3n) is 0.762. The maximum atomic E-state index is 8.36. The fourth-order valence-corrected chi connectivity index (χ4v) is 0.0430. The van der Waals surface area contributed by atoms with E-state index >= 15 is 0 Å². The Kier molecular flexibility index (Phi) is 6.14. The minimum atomic E-state index is -0.333. The van der Waals surface area contributed by atoms with Gasteiger partial charge in [0.1, 0.15) is 0 Å². The van der Waals surface area contributed by atoms with Gasteiger partial charge in [0.2, 0.25) is 0 Å². The molecule has 0 saturated heterocycles. The fourth-order valence-electron chi connectivity index (χ4n) is 0.0430. The molecule has 0 radical (unpaired) electrons. The second kappa shape index (κ2) is 4.35. The third kappa shape index (κ3) is 4.62. The van der Waals surface area contributed by atoms with E-state index in [4.69, 9.17) is 12.0 Å².